The lowest BCUT2D eigenvalue weighted by Gasteiger charge is -2.30. The molecule has 7 heteroatoms. The number of rotatable bonds is 3. The smallest absolute Gasteiger partial charge is 0.226 e. The van der Waals surface area contributed by atoms with Crippen LogP contribution in [-0.2, 0) is 11.2 Å². The second-order valence-corrected chi connectivity index (χ2v) is 5.52. The van der Waals surface area contributed by atoms with Crippen LogP contribution in [0.2, 0.25) is 0 Å². The summed E-state index contributed by atoms with van der Waals surface area (Å²) in [6, 6.07) is 6.07. The molecule has 1 saturated heterocycles. The van der Waals surface area contributed by atoms with Crippen molar-refractivity contribution in [3.05, 3.63) is 36.3 Å². The number of fused-ring (bicyclic) bond motifs is 1. The molecule has 0 aromatic carbocycles. The minimum atomic E-state index is 0. The number of carbonyl (C=O) groups excluding carboxylic acids is 1. The molecular weight excluding hydrogens is 323 g/mol. The minimum absolute atomic E-state index is 0. The fourth-order valence-electron chi connectivity index (χ4n) is 2.68. The summed E-state index contributed by atoms with van der Waals surface area (Å²) in [6.07, 6.45) is 5.30. The summed E-state index contributed by atoms with van der Waals surface area (Å²) >= 11 is 0. The molecule has 1 amide bonds. The molecule has 0 aliphatic carbocycles. The number of amides is 1. The van der Waals surface area contributed by atoms with Gasteiger partial charge in [0.2, 0.25) is 5.91 Å². The third kappa shape index (κ3) is 4.35. The zero-order valence-corrected chi connectivity index (χ0v) is 14.1. The van der Waals surface area contributed by atoms with Gasteiger partial charge in [-0.15, -0.1) is 24.8 Å². The van der Waals surface area contributed by atoms with E-state index in [1.54, 1.807) is 0 Å². The molecule has 22 heavy (non-hydrogen) atoms. The van der Waals surface area contributed by atoms with Gasteiger partial charge >= 0.3 is 0 Å². The number of halogens is 2. The molecule has 2 aromatic heterocycles. The normalized spacial score (nSPS) is 20.8. The van der Waals surface area contributed by atoms with E-state index in [0.29, 0.717) is 12.3 Å². The van der Waals surface area contributed by atoms with Crippen LogP contribution in [-0.4, -0.2) is 34.4 Å². The Morgan fingerprint density at radius 3 is 3.00 bits per heavy atom. The lowest BCUT2D eigenvalue weighted by atomic mass is 9.95. The molecule has 1 aliphatic rings. The summed E-state index contributed by atoms with van der Waals surface area (Å²) < 4.78 is 1.94. The lowest BCUT2D eigenvalue weighted by molar-refractivity contribution is -0.121. The summed E-state index contributed by atoms with van der Waals surface area (Å²) in [4.78, 5) is 16.6. The maximum atomic E-state index is 12.1. The number of pyridine rings is 1. The molecule has 0 bridgehead atoms. The number of nitrogens with one attached hydrogen (secondary N) is 2. The van der Waals surface area contributed by atoms with Gasteiger partial charge in [0.15, 0.2) is 0 Å². The average molecular weight is 345 g/mol. The third-order valence-electron chi connectivity index (χ3n) is 3.93. The summed E-state index contributed by atoms with van der Waals surface area (Å²) in [5, 5.41) is 6.43. The van der Waals surface area contributed by atoms with Gasteiger partial charge in [0.25, 0.3) is 0 Å². The van der Waals surface area contributed by atoms with E-state index >= 15 is 0 Å². The Balaban J connectivity index is 0.00000121. The Kier molecular flexibility index (Phi) is 7.13. The molecule has 0 saturated carbocycles. The van der Waals surface area contributed by atoms with Gasteiger partial charge in [0.1, 0.15) is 5.65 Å². The number of piperidine rings is 1. The van der Waals surface area contributed by atoms with Gasteiger partial charge in [-0.1, -0.05) is 13.0 Å². The van der Waals surface area contributed by atoms with Crippen molar-refractivity contribution in [1.82, 2.24) is 20.0 Å². The first-order valence-corrected chi connectivity index (χ1v) is 7.15. The molecule has 3 rings (SSSR count). The second-order valence-electron chi connectivity index (χ2n) is 5.52. The highest BCUT2D eigenvalue weighted by atomic mass is 35.5. The van der Waals surface area contributed by atoms with Crippen molar-refractivity contribution in [1.29, 1.82) is 0 Å². The van der Waals surface area contributed by atoms with E-state index in [-0.39, 0.29) is 36.8 Å². The fourth-order valence-corrected chi connectivity index (χ4v) is 2.68. The molecule has 2 atom stereocenters. The number of aromatic nitrogens is 2. The lowest BCUT2D eigenvalue weighted by Crippen LogP contribution is -2.50. The van der Waals surface area contributed by atoms with Crippen molar-refractivity contribution in [2.24, 2.45) is 5.92 Å². The molecule has 2 unspecified atom stereocenters. The van der Waals surface area contributed by atoms with Gasteiger partial charge < -0.3 is 15.0 Å². The molecule has 1 fully saturated rings. The second kappa shape index (κ2) is 8.36. The van der Waals surface area contributed by atoms with Crippen LogP contribution in [0.15, 0.2) is 30.6 Å². The van der Waals surface area contributed by atoms with Crippen molar-refractivity contribution in [2.45, 2.75) is 25.8 Å². The van der Waals surface area contributed by atoms with Crippen LogP contribution in [0.1, 0.15) is 19.0 Å². The summed E-state index contributed by atoms with van der Waals surface area (Å²) in [5.41, 5.74) is 1.69. The van der Waals surface area contributed by atoms with Gasteiger partial charge in [-0.05, 0) is 31.0 Å². The van der Waals surface area contributed by atoms with E-state index < -0.39 is 0 Å². The van der Waals surface area contributed by atoms with E-state index in [1.165, 1.54) is 0 Å². The van der Waals surface area contributed by atoms with Gasteiger partial charge in [0.05, 0.1) is 12.1 Å². The summed E-state index contributed by atoms with van der Waals surface area (Å²) in [5.74, 6) is 0.579. The average Bonchev–Trinajstić information content (AvgIpc) is 2.83. The van der Waals surface area contributed by atoms with E-state index in [9.17, 15) is 4.79 Å². The predicted molar refractivity (Wildman–Crippen MR) is 92.0 cm³/mol. The van der Waals surface area contributed by atoms with Crippen LogP contribution >= 0.6 is 24.8 Å². The van der Waals surface area contributed by atoms with Crippen molar-refractivity contribution in [3.8, 4) is 0 Å². The Hall–Kier alpha value is -1.30. The fraction of sp³-hybridized carbons (Fsp3) is 0.467. The maximum Gasteiger partial charge on any atom is 0.226 e. The van der Waals surface area contributed by atoms with Crippen LogP contribution in [0.4, 0.5) is 0 Å². The number of imidazole rings is 1. The van der Waals surface area contributed by atoms with Crippen molar-refractivity contribution < 1.29 is 4.79 Å². The highest BCUT2D eigenvalue weighted by Crippen LogP contribution is 2.11. The Morgan fingerprint density at radius 2 is 2.27 bits per heavy atom. The van der Waals surface area contributed by atoms with E-state index in [4.69, 9.17) is 0 Å². The highest BCUT2D eigenvalue weighted by Gasteiger charge is 2.22. The van der Waals surface area contributed by atoms with Gasteiger partial charge in [-0.25, -0.2) is 4.98 Å². The van der Waals surface area contributed by atoms with Gasteiger partial charge in [-0.2, -0.15) is 0 Å². The molecule has 0 spiro atoms. The minimum Gasteiger partial charge on any atom is -0.351 e. The van der Waals surface area contributed by atoms with Crippen molar-refractivity contribution in [2.75, 3.05) is 13.1 Å². The summed E-state index contributed by atoms with van der Waals surface area (Å²) in [6.45, 7) is 4.09. The van der Waals surface area contributed by atoms with Gasteiger partial charge in [-0.3, -0.25) is 4.79 Å². The monoisotopic (exact) mass is 344 g/mol. The molecule has 2 aromatic rings. The zero-order chi connectivity index (χ0) is 13.9. The first kappa shape index (κ1) is 18.7. The largest absolute Gasteiger partial charge is 0.351 e. The molecule has 2 N–H and O–H groups in total. The van der Waals surface area contributed by atoms with Crippen molar-refractivity contribution >= 4 is 36.4 Å². The quantitative estimate of drug-likeness (QED) is 0.892. The number of hydrogen-bond acceptors (Lipinski definition) is 3. The maximum absolute atomic E-state index is 12.1. The topological polar surface area (TPSA) is 58.4 Å². The Labute approximate surface area is 142 Å². The zero-order valence-electron chi connectivity index (χ0n) is 12.5. The molecule has 122 valence electrons. The molecule has 0 radical (unpaired) electrons. The van der Waals surface area contributed by atoms with E-state index in [0.717, 1.165) is 30.9 Å². The van der Waals surface area contributed by atoms with Crippen LogP contribution in [0.5, 0.6) is 0 Å². The SMILES string of the molecule is CC1CCNCC1NC(=O)Cc1cn2ccccc2n1.Cl.Cl. The van der Waals surface area contributed by atoms with Crippen LogP contribution in [0.25, 0.3) is 5.65 Å². The van der Waals surface area contributed by atoms with E-state index in [2.05, 4.69) is 22.5 Å². The number of carbonyl (C=O) groups is 1. The van der Waals surface area contributed by atoms with Gasteiger partial charge in [0, 0.05) is 25.0 Å². The highest BCUT2D eigenvalue weighted by molar-refractivity contribution is 5.85. The molecular formula is C15H22Cl2N4O. The number of nitrogens with zero attached hydrogens (tertiary/aromatic N) is 2. The molecule has 5 nitrogen and oxygen atoms in total. The van der Waals surface area contributed by atoms with Crippen LogP contribution in [0, 0.1) is 5.92 Å². The first-order valence-electron chi connectivity index (χ1n) is 7.15. The van der Waals surface area contributed by atoms with Crippen LogP contribution in [0.3, 0.4) is 0 Å². The molecule has 1 aliphatic heterocycles. The third-order valence-corrected chi connectivity index (χ3v) is 3.93. The Morgan fingerprint density at radius 1 is 1.45 bits per heavy atom. The Bertz CT molecular complexity index is 583. The first-order chi connectivity index (χ1) is 9.72. The summed E-state index contributed by atoms with van der Waals surface area (Å²) in [7, 11) is 0. The van der Waals surface area contributed by atoms with E-state index in [1.807, 2.05) is 35.0 Å². The predicted octanol–water partition coefficient (Wildman–Crippen LogP) is 1.83. The van der Waals surface area contributed by atoms with Crippen LogP contribution < -0.4 is 10.6 Å². The standard InChI is InChI=1S/C15H20N4O.2ClH/c1-11-5-6-16-9-13(11)18-15(20)8-12-10-19-7-3-2-4-14(19)17-12;;/h2-4,7,10-11,13,16H,5-6,8-9H2,1H3,(H,18,20);2*1H. The number of hydrogen-bond donors (Lipinski definition) is 2. The molecule has 3 heterocycles. The van der Waals surface area contributed by atoms with Crippen molar-refractivity contribution in [3.63, 3.8) is 0 Å².